The maximum Gasteiger partial charge on any atom is 0.338 e. The molecule has 3 amide bonds. The van der Waals surface area contributed by atoms with E-state index in [1.54, 1.807) is 6.92 Å². The first-order chi connectivity index (χ1) is 13.5. The highest BCUT2D eigenvalue weighted by Gasteiger charge is 2.39. The molecule has 1 saturated heterocycles. The van der Waals surface area contributed by atoms with Crippen LogP contribution in [0.1, 0.15) is 28.6 Å². The fourth-order valence-corrected chi connectivity index (χ4v) is 3.46. The molecule has 2 heterocycles. The van der Waals surface area contributed by atoms with E-state index in [1.807, 2.05) is 17.5 Å². The molecule has 1 aliphatic rings. The number of amides is 3. The number of carbonyl (C=O) groups excluding carboxylic acids is 4. The number of carbonyl (C=O) groups is 4. The van der Waals surface area contributed by atoms with Crippen molar-refractivity contribution in [2.24, 2.45) is 0 Å². The largest absolute Gasteiger partial charge is 0.462 e. The Morgan fingerprint density at radius 1 is 1.21 bits per heavy atom. The third-order valence-corrected chi connectivity index (χ3v) is 4.96. The minimum atomic E-state index is -0.843. The second kappa shape index (κ2) is 8.77. The minimum absolute atomic E-state index is 0.0717. The third-order valence-electron chi connectivity index (χ3n) is 4.08. The second-order valence-electron chi connectivity index (χ2n) is 6.04. The number of hydrazine groups is 1. The van der Waals surface area contributed by atoms with E-state index in [4.69, 9.17) is 4.74 Å². The molecule has 8 nitrogen and oxygen atoms in total. The first-order valence-corrected chi connectivity index (χ1v) is 9.58. The molecule has 0 unspecified atom stereocenters. The molecule has 2 aromatic rings. The highest BCUT2D eigenvalue weighted by molar-refractivity contribution is 7.10. The Hall–Kier alpha value is -3.04. The molecule has 0 radical (unpaired) electrons. The Morgan fingerprint density at radius 2 is 1.96 bits per heavy atom. The number of nitrogens with one attached hydrogen (secondary N) is 2. The van der Waals surface area contributed by atoms with Gasteiger partial charge < -0.3 is 4.74 Å². The van der Waals surface area contributed by atoms with E-state index in [0.717, 1.165) is 9.78 Å². The molecular weight excluding hydrogens is 382 g/mol. The average molecular weight is 401 g/mol. The molecule has 1 aromatic heterocycles. The van der Waals surface area contributed by atoms with Crippen LogP contribution in [-0.2, 0) is 25.5 Å². The van der Waals surface area contributed by atoms with Crippen molar-refractivity contribution in [2.75, 3.05) is 11.5 Å². The first kappa shape index (κ1) is 19.7. The molecule has 3 rings (SSSR count). The predicted octanol–water partition coefficient (Wildman–Crippen LogP) is 1.42. The SMILES string of the molecule is CCOC(=O)c1ccc(N2C(=O)C[C@@H](NNC(=O)Cc3cccs3)C2=O)cc1. The van der Waals surface area contributed by atoms with Gasteiger partial charge in [-0.05, 0) is 42.6 Å². The lowest BCUT2D eigenvalue weighted by Crippen LogP contribution is -2.48. The van der Waals surface area contributed by atoms with E-state index >= 15 is 0 Å². The van der Waals surface area contributed by atoms with Gasteiger partial charge in [-0.25, -0.2) is 15.1 Å². The monoisotopic (exact) mass is 401 g/mol. The van der Waals surface area contributed by atoms with Gasteiger partial charge in [0.25, 0.3) is 5.91 Å². The molecule has 9 heteroatoms. The van der Waals surface area contributed by atoms with Crippen molar-refractivity contribution >= 4 is 40.7 Å². The van der Waals surface area contributed by atoms with E-state index in [0.29, 0.717) is 11.3 Å². The number of benzene rings is 1. The van der Waals surface area contributed by atoms with Crippen LogP contribution in [0.15, 0.2) is 41.8 Å². The van der Waals surface area contributed by atoms with Crippen LogP contribution in [0.3, 0.4) is 0 Å². The van der Waals surface area contributed by atoms with Gasteiger partial charge in [0.05, 0.1) is 30.7 Å². The molecule has 146 valence electrons. The number of thiophene rings is 1. The fraction of sp³-hybridized carbons (Fsp3) is 0.263. The summed E-state index contributed by atoms with van der Waals surface area (Å²) in [6, 6.07) is 8.87. The van der Waals surface area contributed by atoms with Crippen LogP contribution in [0.25, 0.3) is 0 Å². The predicted molar refractivity (Wildman–Crippen MR) is 103 cm³/mol. The molecule has 1 fully saturated rings. The smallest absolute Gasteiger partial charge is 0.338 e. The average Bonchev–Trinajstić information content (AvgIpc) is 3.28. The maximum absolute atomic E-state index is 12.6. The van der Waals surface area contributed by atoms with E-state index in [-0.39, 0.29) is 31.3 Å². The molecule has 1 aliphatic heterocycles. The number of imide groups is 1. The van der Waals surface area contributed by atoms with Crippen molar-refractivity contribution in [2.45, 2.75) is 25.8 Å². The Balaban J connectivity index is 1.60. The van der Waals surface area contributed by atoms with Crippen molar-refractivity contribution in [1.29, 1.82) is 0 Å². The fourth-order valence-electron chi connectivity index (χ4n) is 2.76. The highest BCUT2D eigenvalue weighted by atomic mass is 32.1. The lowest BCUT2D eigenvalue weighted by molar-refractivity contribution is -0.122. The van der Waals surface area contributed by atoms with Crippen LogP contribution in [0.5, 0.6) is 0 Å². The van der Waals surface area contributed by atoms with E-state index in [9.17, 15) is 19.2 Å². The normalized spacial score (nSPS) is 16.3. The standard InChI is InChI=1S/C19H19N3O5S/c1-2-27-19(26)12-5-7-13(8-6-12)22-17(24)11-15(18(22)25)20-21-16(23)10-14-4-3-9-28-14/h3-9,15,20H,2,10-11H2,1H3,(H,21,23)/t15-/m1/s1. The summed E-state index contributed by atoms with van der Waals surface area (Å²) in [5.74, 6) is -1.62. The van der Waals surface area contributed by atoms with Crippen molar-refractivity contribution in [3.05, 3.63) is 52.2 Å². The van der Waals surface area contributed by atoms with Gasteiger partial charge in [0.2, 0.25) is 11.8 Å². The van der Waals surface area contributed by atoms with Crippen LogP contribution < -0.4 is 15.8 Å². The molecule has 0 spiro atoms. The molecule has 0 saturated carbocycles. The van der Waals surface area contributed by atoms with E-state index in [1.165, 1.54) is 35.6 Å². The van der Waals surface area contributed by atoms with Crippen molar-refractivity contribution in [3.8, 4) is 0 Å². The van der Waals surface area contributed by atoms with Gasteiger partial charge in [-0.1, -0.05) is 6.07 Å². The van der Waals surface area contributed by atoms with Gasteiger partial charge in [0.1, 0.15) is 6.04 Å². The Kier molecular flexibility index (Phi) is 6.17. The first-order valence-electron chi connectivity index (χ1n) is 8.70. The van der Waals surface area contributed by atoms with E-state index in [2.05, 4.69) is 10.9 Å². The highest BCUT2D eigenvalue weighted by Crippen LogP contribution is 2.23. The summed E-state index contributed by atoms with van der Waals surface area (Å²) < 4.78 is 4.91. The molecule has 1 aromatic carbocycles. The quantitative estimate of drug-likeness (QED) is 0.413. The molecule has 28 heavy (non-hydrogen) atoms. The van der Waals surface area contributed by atoms with Crippen LogP contribution in [-0.4, -0.2) is 36.3 Å². The summed E-state index contributed by atoms with van der Waals surface area (Å²) in [5.41, 5.74) is 5.81. The van der Waals surface area contributed by atoms with Gasteiger partial charge >= 0.3 is 5.97 Å². The lowest BCUT2D eigenvalue weighted by Gasteiger charge is -2.16. The molecule has 1 atom stereocenters. The number of esters is 1. The van der Waals surface area contributed by atoms with Crippen molar-refractivity contribution < 1.29 is 23.9 Å². The zero-order valence-electron chi connectivity index (χ0n) is 15.1. The number of hydrogen-bond acceptors (Lipinski definition) is 7. The Bertz CT molecular complexity index is 879. The minimum Gasteiger partial charge on any atom is -0.462 e. The number of rotatable bonds is 7. The number of anilines is 1. The Labute approximate surface area is 165 Å². The van der Waals surface area contributed by atoms with Gasteiger partial charge in [-0.15, -0.1) is 11.3 Å². The van der Waals surface area contributed by atoms with Crippen molar-refractivity contribution in [3.63, 3.8) is 0 Å². The molecule has 2 N–H and O–H groups in total. The zero-order valence-corrected chi connectivity index (χ0v) is 16.0. The maximum atomic E-state index is 12.6. The van der Waals surface area contributed by atoms with Gasteiger partial charge in [0.15, 0.2) is 0 Å². The summed E-state index contributed by atoms with van der Waals surface area (Å²) >= 11 is 1.46. The van der Waals surface area contributed by atoms with Gasteiger partial charge in [-0.3, -0.25) is 19.8 Å². The summed E-state index contributed by atoms with van der Waals surface area (Å²) in [7, 11) is 0. The van der Waals surface area contributed by atoms with E-state index < -0.39 is 17.9 Å². The molecule has 0 bridgehead atoms. The van der Waals surface area contributed by atoms with Crippen molar-refractivity contribution in [1.82, 2.24) is 10.9 Å². The number of nitrogens with zero attached hydrogens (tertiary/aromatic N) is 1. The van der Waals surface area contributed by atoms with Gasteiger partial charge in [0, 0.05) is 4.88 Å². The van der Waals surface area contributed by atoms with Crippen LogP contribution in [0.4, 0.5) is 5.69 Å². The molecular formula is C19H19N3O5S. The topological polar surface area (TPSA) is 105 Å². The molecule has 0 aliphatic carbocycles. The zero-order chi connectivity index (χ0) is 20.1. The summed E-state index contributed by atoms with van der Waals surface area (Å²) in [5, 5.41) is 1.88. The summed E-state index contributed by atoms with van der Waals surface area (Å²) in [4.78, 5) is 50.4. The summed E-state index contributed by atoms with van der Waals surface area (Å²) in [6.45, 7) is 1.97. The van der Waals surface area contributed by atoms with Crippen LogP contribution >= 0.6 is 11.3 Å². The Morgan fingerprint density at radius 3 is 2.61 bits per heavy atom. The van der Waals surface area contributed by atoms with Crippen LogP contribution in [0.2, 0.25) is 0 Å². The van der Waals surface area contributed by atoms with Gasteiger partial charge in [-0.2, -0.15) is 0 Å². The van der Waals surface area contributed by atoms with Crippen LogP contribution in [0, 0.1) is 0 Å². The number of ether oxygens (including phenoxy) is 1. The summed E-state index contributed by atoms with van der Waals surface area (Å²) in [6.07, 6.45) is 0.121. The lowest BCUT2D eigenvalue weighted by atomic mass is 10.2. The second-order valence-corrected chi connectivity index (χ2v) is 7.07. The number of hydrogen-bond donors (Lipinski definition) is 2. The third kappa shape index (κ3) is 4.44.